The van der Waals surface area contributed by atoms with E-state index in [1.54, 1.807) is 0 Å². The third-order valence-corrected chi connectivity index (χ3v) is 13.3. The van der Waals surface area contributed by atoms with Crippen LogP contribution in [0.25, 0.3) is 96.6 Å². The Morgan fingerprint density at radius 1 is 0.350 bits per heavy atom. The van der Waals surface area contributed by atoms with Crippen LogP contribution >= 0.6 is 11.3 Å². The van der Waals surface area contributed by atoms with Gasteiger partial charge in [-0.15, -0.1) is 11.3 Å². The summed E-state index contributed by atoms with van der Waals surface area (Å²) in [6.07, 6.45) is 0. The molecule has 0 aliphatic heterocycles. The Morgan fingerprint density at radius 3 is 1.68 bits per heavy atom. The molecule has 1 nitrogen and oxygen atoms in total. The lowest BCUT2D eigenvalue weighted by Crippen LogP contribution is -2.10. The first-order valence-electron chi connectivity index (χ1n) is 20.4. The molecule has 0 saturated carbocycles. The van der Waals surface area contributed by atoms with E-state index in [1.807, 2.05) is 17.4 Å². The number of anilines is 3. The highest BCUT2D eigenvalue weighted by Crippen LogP contribution is 2.44. The van der Waals surface area contributed by atoms with Crippen molar-refractivity contribution in [1.82, 2.24) is 0 Å². The zero-order valence-electron chi connectivity index (χ0n) is 32.6. The molecule has 12 aromatic rings. The summed E-state index contributed by atoms with van der Waals surface area (Å²) in [7, 11) is 0. The number of benzene rings is 10. The van der Waals surface area contributed by atoms with E-state index in [-0.39, 0.29) is 0 Å². The first-order valence-corrected chi connectivity index (χ1v) is 21.2. The van der Waals surface area contributed by atoms with Crippen molar-refractivity contribution in [2.75, 3.05) is 4.90 Å². The molecule has 278 valence electrons. The molecule has 11 aromatic carbocycles. The highest BCUT2D eigenvalue weighted by atomic mass is 32.1. The second-order valence-electron chi connectivity index (χ2n) is 15.5. The summed E-state index contributed by atoms with van der Waals surface area (Å²) in [6, 6.07) is 84.1. The fourth-order valence-electron chi connectivity index (χ4n) is 9.28. The second kappa shape index (κ2) is 14.0. The molecule has 12 rings (SSSR count). The summed E-state index contributed by atoms with van der Waals surface area (Å²) < 4.78 is 2.64. The molecular weight excluding hydrogens is 743 g/mol. The van der Waals surface area contributed by atoms with E-state index in [0.717, 1.165) is 33.4 Å². The summed E-state index contributed by atoms with van der Waals surface area (Å²) in [5.74, 6) is 0. The Bertz CT molecular complexity index is 3450. The lowest BCUT2D eigenvalue weighted by molar-refractivity contribution is 1.28. The van der Waals surface area contributed by atoms with Crippen LogP contribution in [0.3, 0.4) is 0 Å². The predicted octanol–water partition coefficient (Wildman–Crippen LogP) is 16.7. The minimum Gasteiger partial charge on any atom is -0.310 e. The van der Waals surface area contributed by atoms with E-state index in [4.69, 9.17) is 0 Å². The third-order valence-electron chi connectivity index (χ3n) is 12.1. The summed E-state index contributed by atoms with van der Waals surface area (Å²) in [4.78, 5) is 2.41. The maximum atomic E-state index is 3.38. The van der Waals surface area contributed by atoms with Gasteiger partial charge < -0.3 is 4.90 Å². The first kappa shape index (κ1) is 34.4. The molecule has 2 heteroatoms. The van der Waals surface area contributed by atoms with E-state index in [2.05, 4.69) is 223 Å². The molecule has 0 aliphatic carbocycles. The molecule has 0 unspecified atom stereocenters. The van der Waals surface area contributed by atoms with Gasteiger partial charge in [0, 0.05) is 42.6 Å². The molecule has 0 amide bonds. The third kappa shape index (κ3) is 5.63. The summed E-state index contributed by atoms with van der Waals surface area (Å²) in [5, 5.41) is 12.3. The van der Waals surface area contributed by atoms with Gasteiger partial charge in [0.05, 0.1) is 0 Å². The van der Waals surface area contributed by atoms with Crippen LogP contribution in [0.1, 0.15) is 0 Å². The highest BCUT2D eigenvalue weighted by molar-refractivity contribution is 7.26. The van der Waals surface area contributed by atoms with Gasteiger partial charge in [-0.05, 0) is 138 Å². The molecule has 0 aliphatic rings. The molecule has 0 bridgehead atoms. The highest BCUT2D eigenvalue weighted by Gasteiger charge is 2.18. The van der Waals surface area contributed by atoms with Crippen molar-refractivity contribution in [2.24, 2.45) is 0 Å². The van der Waals surface area contributed by atoms with Crippen molar-refractivity contribution in [3.8, 4) is 33.4 Å². The van der Waals surface area contributed by atoms with E-state index in [9.17, 15) is 0 Å². The molecule has 1 heterocycles. The van der Waals surface area contributed by atoms with E-state index in [1.165, 1.54) is 80.3 Å². The van der Waals surface area contributed by atoms with E-state index < -0.39 is 0 Å². The summed E-state index contributed by atoms with van der Waals surface area (Å²) in [6.45, 7) is 0. The molecule has 0 fully saturated rings. The molecule has 0 radical (unpaired) electrons. The number of fused-ring (bicyclic) bond motifs is 9. The van der Waals surface area contributed by atoms with Crippen molar-refractivity contribution in [2.45, 2.75) is 0 Å². The molecule has 1 aromatic heterocycles. The van der Waals surface area contributed by atoms with Crippen LogP contribution in [0.2, 0.25) is 0 Å². The summed E-state index contributed by atoms with van der Waals surface area (Å²) >= 11 is 1.87. The standard InChI is InChI=1S/C58H35NS/c1-3-20-46-41(14-1)36-55(51-24-7-5-22-49(46)51)39-16-11-18-44(34-39)59(43-32-30-38(31-33-43)48-27-13-28-54-53-26-9-10-29-57(53)60-58(48)54)45-19-12-17-40(35-45)56-37-42-15-2-4-21-47(42)50-23-6-8-25-52(50)56/h1-3,5-20,22-37H. The number of thiophene rings is 1. The van der Waals surface area contributed by atoms with Crippen LogP contribution in [0.15, 0.2) is 212 Å². The van der Waals surface area contributed by atoms with Crippen molar-refractivity contribution in [1.29, 1.82) is 0 Å². The van der Waals surface area contributed by atoms with E-state index >= 15 is 0 Å². The first-order chi connectivity index (χ1) is 29.7. The summed E-state index contributed by atoms with van der Waals surface area (Å²) in [5.41, 5.74) is 10.5. The number of nitrogens with zero attached hydrogens (tertiary/aromatic N) is 1. The largest absolute Gasteiger partial charge is 0.310 e. The lowest BCUT2D eigenvalue weighted by atomic mass is 9.93. The van der Waals surface area contributed by atoms with Gasteiger partial charge in [-0.3, -0.25) is 0 Å². The zero-order chi connectivity index (χ0) is 39.6. The van der Waals surface area contributed by atoms with Crippen LogP contribution in [0.5, 0.6) is 0 Å². The van der Waals surface area contributed by atoms with Crippen LogP contribution in [0, 0.1) is 12.1 Å². The second-order valence-corrected chi connectivity index (χ2v) is 16.5. The van der Waals surface area contributed by atoms with Crippen LogP contribution in [0.4, 0.5) is 17.1 Å². The smallest absolute Gasteiger partial charge is 0.0467 e. The molecule has 0 spiro atoms. The van der Waals surface area contributed by atoms with Gasteiger partial charge in [0.2, 0.25) is 0 Å². The topological polar surface area (TPSA) is 3.24 Å². The van der Waals surface area contributed by atoms with Gasteiger partial charge in [0.1, 0.15) is 0 Å². The van der Waals surface area contributed by atoms with Crippen molar-refractivity contribution in [3.63, 3.8) is 0 Å². The van der Waals surface area contributed by atoms with Crippen molar-refractivity contribution >= 4 is 91.7 Å². The minimum atomic E-state index is 1.09. The van der Waals surface area contributed by atoms with Gasteiger partial charge in [0.15, 0.2) is 0 Å². The molecule has 0 saturated heterocycles. The normalized spacial score (nSPS) is 11.5. The van der Waals surface area contributed by atoms with Crippen molar-refractivity contribution in [3.05, 3.63) is 224 Å². The fourth-order valence-corrected chi connectivity index (χ4v) is 10.5. The number of hydrogen-bond acceptors (Lipinski definition) is 2. The van der Waals surface area contributed by atoms with Crippen LogP contribution in [-0.2, 0) is 0 Å². The Labute approximate surface area is 352 Å². The Hall–Kier alpha value is -7.70. The Morgan fingerprint density at radius 2 is 0.933 bits per heavy atom. The van der Waals surface area contributed by atoms with Crippen LogP contribution < -0.4 is 4.90 Å². The quantitative estimate of drug-likeness (QED) is 0.152. The lowest BCUT2D eigenvalue weighted by Gasteiger charge is -2.27. The van der Waals surface area contributed by atoms with Crippen LogP contribution in [-0.4, -0.2) is 0 Å². The SMILES string of the molecule is c1ccc2cc(-c3cccc(N(c4ccc(-c5cccc6c5sc5ccccc56)cc4)c4cccc(-c5cc6ccccc6c6ccccc56)c4)c3)c3ccccc3c2c#1. The van der Waals surface area contributed by atoms with Gasteiger partial charge in [-0.1, -0.05) is 158 Å². The zero-order valence-corrected chi connectivity index (χ0v) is 33.4. The van der Waals surface area contributed by atoms with E-state index in [0.29, 0.717) is 0 Å². The molecule has 0 N–H and O–H groups in total. The van der Waals surface area contributed by atoms with Gasteiger partial charge in [-0.25, -0.2) is 0 Å². The number of hydrogen-bond donors (Lipinski definition) is 0. The fraction of sp³-hybridized carbons (Fsp3) is 0. The van der Waals surface area contributed by atoms with Gasteiger partial charge in [-0.2, -0.15) is 0 Å². The monoisotopic (exact) mass is 777 g/mol. The van der Waals surface area contributed by atoms with Gasteiger partial charge >= 0.3 is 0 Å². The Balaban J connectivity index is 1.04. The maximum Gasteiger partial charge on any atom is 0.0467 e. The predicted molar refractivity (Wildman–Crippen MR) is 258 cm³/mol. The van der Waals surface area contributed by atoms with Gasteiger partial charge in [0.25, 0.3) is 0 Å². The average molecular weight is 778 g/mol. The Kier molecular flexibility index (Phi) is 8.01. The number of rotatable bonds is 6. The molecule has 60 heavy (non-hydrogen) atoms. The van der Waals surface area contributed by atoms with Crippen molar-refractivity contribution < 1.29 is 0 Å². The molecule has 0 atom stereocenters. The maximum absolute atomic E-state index is 3.38. The minimum absolute atomic E-state index is 1.09. The molecular formula is C58H35NS. The average Bonchev–Trinajstić information content (AvgIpc) is 3.71.